The second kappa shape index (κ2) is 7.60. The number of benzene rings is 2. The van der Waals surface area contributed by atoms with Gasteiger partial charge in [0.2, 0.25) is 0 Å². The molecule has 0 heterocycles. The molecule has 2 aromatic carbocycles. The van der Waals surface area contributed by atoms with E-state index in [0.29, 0.717) is 24.2 Å². The first-order valence-corrected chi connectivity index (χ1v) is 12.6. The van der Waals surface area contributed by atoms with Crippen molar-refractivity contribution >= 4 is 24.5 Å². The lowest BCUT2D eigenvalue weighted by Crippen LogP contribution is -2.67. The number of hydrogen-bond acceptors (Lipinski definition) is 2. The third-order valence-corrected chi connectivity index (χ3v) is 11.9. The number of Topliss-reactive ketones (excluding diaryl/α,β-unsaturated/α-hetero) is 1. The molecule has 0 radical (unpaired) electrons. The van der Waals surface area contributed by atoms with Gasteiger partial charge in [-0.05, 0) is 46.5 Å². The third kappa shape index (κ3) is 3.39. The van der Waals surface area contributed by atoms with Gasteiger partial charge in [0.05, 0.1) is 0 Å². The van der Waals surface area contributed by atoms with E-state index in [-0.39, 0.29) is 11.0 Å². The van der Waals surface area contributed by atoms with Crippen LogP contribution in [0, 0.1) is 17.8 Å². The highest BCUT2D eigenvalue weighted by atomic mass is 28.4. The molecule has 3 fully saturated rings. The zero-order valence-corrected chi connectivity index (χ0v) is 18.4. The molecule has 2 nitrogen and oxygen atoms in total. The maximum Gasteiger partial charge on any atom is 0.261 e. The van der Waals surface area contributed by atoms with Crippen LogP contribution in [0.4, 0.5) is 0 Å². The lowest BCUT2D eigenvalue weighted by atomic mass is 9.64. The van der Waals surface area contributed by atoms with Crippen LogP contribution in [0.2, 0.25) is 5.04 Å². The summed E-state index contributed by atoms with van der Waals surface area (Å²) in [6.45, 7) is 7.66. The minimum atomic E-state index is -2.49. The van der Waals surface area contributed by atoms with E-state index in [2.05, 4.69) is 81.4 Å². The second-order valence-corrected chi connectivity index (χ2v) is 14.0. The van der Waals surface area contributed by atoms with Gasteiger partial charge in [0, 0.05) is 18.9 Å². The van der Waals surface area contributed by atoms with Crippen molar-refractivity contribution in [1.29, 1.82) is 0 Å². The molecule has 28 heavy (non-hydrogen) atoms. The van der Waals surface area contributed by atoms with Gasteiger partial charge in [-0.15, -0.1) is 0 Å². The summed E-state index contributed by atoms with van der Waals surface area (Å²) in [7, 11) is -2.49. The molecule has 3 heteroatoms. The molecule has 3 aliphatic carbocycles. The first-order chi connectivity index (χ1) is 13.4. The summed E-state index contributed by atoms with van der Waals surface area (Å²) in [4.78, 5) is 12.5. The summed E-state index contributed by atoms with van der Waals surface area (Å²) in [5.41, 5.74) is 0. The van der Waals surface area contributed by atoms with Gasteiger partial charge in [-0.25, -0.2) is 0 Å². The SMILES string of the molecule is CC(C)(C)[Si](OCC1CC2CCC1C(=O)C2)(c1ccccc1)c1ccccc1. The topological polar surface area (TPSA) is 26.3 Å². The number of hydrogen-bond donors (Lipinski definition) is 0. The van der Waals surface area contributed by atoms with Crippen molar-refractivity contribution in [1.82, 2.24) is 0 Å². The van der Waals surface area contributed by atoms with Crippen molar-refractivity contribution in [3.63, 3.8) is 0 Å². The molecular formula is C25H32O2Si. The van der Waals surface area contributed by atoms with Gasteiger partial charge in [-0.2, -0.15) is 0 Å². The predicted molar refractivity (Wildman–Crippen MR) is 118 cm³/mol. The molecule has 3 atom stereocenters. The standard InChI is InChI=1S/C25H32O2Si/c1-25(2,3)28(21-10-6-4-7-11-21,22-12-8-5-9-13-22)27-18-20-16-19-14-15-23(20)24(26)17-19/h4-13,19-20,23H,14-18H2,1-3H3. The Morgan fingerprint density at radius 2 is 1.50 bits per heavy atom. The molecule has 0 amide bonds. The maximum absolute atomic E-state index is 12.5. The van der Waals surface area contributed by atoms with E-state index in [1.807, 2.05) is 0 Å². The summed E-state index contributed by atoms with van der Waals surface area (Å²) in [6.07, 6.45) is 4.26. The maximum atomic E-state index is 12.5. The molecule has 0 aliphatic heterocycles. The van der Waals surface area contributed by atoms with Gasteiger partial charge in [-0.3, -0.25) is 4.79 Å². The van der Waals surface area contributed by atoms with Crippen molar-refractivity contribution < 1.29 is 9.22 Å². The van der Waals surface area contributed by atoms with Crippen molar-refractivity contribution in [3.8, 4) is 0 Å². The highest BCUT2D eigenvalue weighted by Gasteiger charge is 2.51. The summed E-state index contributed by atoms with van der Waals surface area (Å²) in [6, 6.07) is 21.6. The lowest BCUT2D eigenvalue weighted by Gasteiger charge is -2.46. The molecular weight excluding hydrogens is 360 g/mol. The van der Waals surface area contributed by atoms with Gasteiger partial charge >= 0.3 is 0 Å². The summed E-state index contributed by atoms with van der Waals surface area (Å²) >= 11 is 0. The van der Waals surface area contributed by atoms with E-state index in [4.69, 9.17) is 4.43 Å². The van der Waals surface area contributed by atoms with Gasteiger partial charge in [-0.1, -0.05) is 81.4 Å². The van der Waals surface area contributed by atoms with Crippen LogP contribution in [0.5, 0.6) is 0 Å². The van der Waals surface area contributed by atoms with E-state index >= 15 is 0 Å². The van der Waals surface area contributed by atoms with E-state index in [9.17, 15) is 4.79 Å². The lowest BCUT2D eigenvalue weighted by molar-refractivity contribution is -0.133. The summed E-state index contributed by atoms with van der Waals surface area (Å²) < 4.78 is 7.09. The van der Waals surface area contributed by atoms with E-state index < -0.39 is 8.32 Å². The van der Waals surface area contributed by atoms with Gasteiger partial charge < -0.3 is 4.43 Å². The Morgan fingerprint density at radius 1 is 0.929 bits per heavy atom. The molecule has 0 N–H and O–H groups in total. The number of ketones is 1. The van der Waals surface area contributed by atoms with Crippen molar-refractivity contribution in [3.05, 3.63) is 60.7 Å². The average molecular weight is 393 g/mol. The van der Waals surface area contributed by atoms with E-state index in [1.165, 1.54) is 16.8 Å². The monoisotopic (exact) mass is 392 g/mol. The smallest absolute Gasteiger partial charge is 0.261 e. The van der Waals surface area contributed by atoms with Crippen molar-refractivity contribution in [2.75, 3.05) is 6.61 Å². The Bertz CT molecular complexity index is 770. The van der Waals surface area contributed by atoms with Crippen LogP contribution < -0.4 is 10.4 Å². The summed E-state index contributed by atoms with van der Waals surface area (Å²) in [5.74, 6) is 1.69. The molecule has 0 spiro atoms. The normalized spacial score (nSPS) is 25.1. The molecule has 2 bridgehead atoms. The first kappa shape index (κ1) is 19.6. The average Bonchev–Trinajstić information content (AvgIpc) is 2.69. The molecule has 0 saturated heterocycles. The fourth-order valence-electron chi connectivity index (χ4n) is 5.58. The third-order valence-electron chi connectivity index (χ3n) is 6.93. The molecule has 5 rings (SSSR count). The molecule has 3 aliphatic rings. The highest BCUT2D eigenvalue weighted by Crippen LogP contribution is 2.44. The Kier molecular flexibility index (Phi) is 5.32. The Labute approximate surface area is 170 Å². The second-order valence-electron chi connectivity index (χ2n) is 9.69. The Balaban J connectivity index is 1.72. The Morgan fingerprint density at radius 3 is 1.96 bits per heavy atom. The van der Waals surface area contributed by atoms with E-state index in [1.54, 1.807) is 0 Å². The molecule has 2 aromatic rings. The number of carbonyl (C=O) groups excluding carboxylic acids is 1. The quantitative estimate of drug-likeness (QED) is 0.697. The molecule has 0 aromatic heterocycles. The van der Waals surface area contributed by atoms with Crippen molar-refractivity contribution in [2.45, 2.75) is 51.5 Å². The van der Waals surface area contributed by atoms with Crippen LogP contribution in [-0.2, 0) is 9.22 Å². The van der Waals surface area contributed by atoms with Crippen LogP contribution in [0.1, 0.15) is 46.5 Å². The highest BCUT2D eigenvalue weighted by molar-refractivity contribution is 6.99. The zero-order chi connectivity index (χ0) is 19.8. The zero-order valence-electron chi connectivity index (χ0n) is 17.4. The minimum absolute atomic E-state index is 0.00655. The molecule has 148 valence electrons. The minimum Gasteiger partial charge on any atom is -0.407 e. The van der Waals surface area contributed by atoms with Crippen LogP contribution in [-0.4, -0.2) is 20.7 Å². The Hall–Kier alpha value is -1.71. The van der Waals surface area contributed by atoms with Crippen LogP contribution >= 0.6 is 0 Å². The van der Waals surface area contributed by atoms with Gasteiger partial charge in [0.25, 0.3) is 8.32 Å². The van der Waals surface area contributed by atoms with Crippen LogP contribution in [0.3, 0.4) is 0 Å². The largest absolute Gasteiger partial charge is 0.407 e. The van der Waals surface area contributed by atoms with Crippen LogP contribution in [0.25, 0.3) is 0 Å². The first-order valence-electron chi connectivity index (χ1n) is 10.7. The van der Waals surface area contributed by atoms with Crippen molar-refractivity contribution in [2.24, 2.45) is 17.8 Å². The molecule has 3 saturated carbocycles. The van der Waals surface area contributed by atoms with Crippen LogP contribution in [0.15, 0.2) is 60.7 Å². The fourth-order valence-corrected chi connectivity index (χ4v) is 10.2. The molecule has 3 unspecified atom stereocenters. The predicted octanol–water partition coefficient (Wildman–Crippen LogP) is 4.57. The number of rotatable bonds is 5. The fraction of sp³-hybridized carbons (Fsp3) is 0.480. The number of fused-ring (bicyclic) bond motifs is 3. The van der Waals surface area contributed by atoms with Gasteiger partial charge in [0.1, 0.15) is 5.78 Å². The summed E-state index contributed by atoms with van der Waals surface area (Å²) in [5, 5.41) is 2.63. The van der Waals surface area contributed by atoms with Gasteiger partial charge in [0.15, 0.2) is 0 Å². The number of carbonyl (C=O) groups is 1. The van der Waals surface area contributed by atoms with E-state index in [0.717, 1.165) is 19.3 Å².